The number of carbonyl (C=O) groups excluding carboxylic acids is 1. The number of thiazole rings is 1. The number of hydrogen-bond donors (Lipinski definition) is 0. The number of amides is 1. The van der Waals surface area contributed by atoms with Gasteiger partial charge in [-0.2, -0.15) is 18.2 Å². The van der Waals surface area contributed by atoms with Crippen LogP contribution in [0.2, 0.25) is 0 Å². The number of nitrogens with zero attached hydrogens (tertiary/aromatic N) is 4. The third-order valence-electron chi connectivity index (χ3n) is 12.4. The number of hydrogen-bond acceptors (Lipinski definition) is 6. The van der Waals surface area contributed by atoms with E-state index >= 15 is 0 Å². The molecule has 7 fully saturated rings. The van der Waals surface area contributed by atoms with Crippen LogP contribution in [0.25, 0.3) is 21.3 Å². The minimum Gasteiger partial charge on any atom is -0.338 e. The second kappa shape index (κ2) is 9.64. The molecule has 47 heavy (non-hydrogen) atoms. The van der Waals surface area contributed by atoms with Gasteiger partial charge < -0.3 is 9.42 Å². The van der Waals surface area contributed by atoms with Gasteiger partial charge in [0.2, 0.25) is 11.8 Å². The smallest absolute Gasteiger partial charge is 0.338 e. The lowest BCUT2D eigenvalue weighted by Gasteiger charge is -2.66. The fraction of sp³-hybridized carbons (Fsp3) is 0.556. The van der Waals surface area contributed by atoms with E-state index in [0.29, 0.717) is 38.1 Å². The molecule has 7 aliphatic rings. The second-order valence-corrected chi connectivity index (χ2v) is 16.8. The van der Waals surface area contributed by atoms with Crippen molar-refractivity contribution < 1.29 is 26.9 Å². The second-order valence-electron chi connectivity index (χ2n) is 15.6. The van der Waals surface area contributed by atoms with Crippen LogP contribution in [0.4, 0.5) is 23.2 Å². The van der Waals surface area contributed by atoms with Crippen LogP contribution in [-0.2, 0) is 15.6 Å². The lowest BCUT2D eigenvalue weighted by molar-refractivity contribution is -0.215. The van der Waals surface area contributed by atoms with Crippen molar-refractivity contribution in [2.75, 3.05) is 11.4 Å². The van der Waals surface area contributed by atoms with Crippen molar-refractivity contribution in [1.82, 2.24) is 15.1 Å². The van der Waals surface area contributed by atoms with Crippen molar-refractivity contribution in [2.24, 2.45) is 10.8 Å². The standard InChI is InChI=1S/C36H36F4N4O2S/c1-22-41-26-6-5-24(16-27(26)47-22)23-3-2-4-25(15-23)44(28(45)17-32-18-34(37,19-32)20-32)21-31-7-10-33(11-8-31,12-9-31)29-42-30(46-43-29)35(13-14-35)36(38,39)40/h2-6,15-16H,7-14,17-21H2,1H3. The maximum atomic E-state index is 14.4. The summed E-state index contributed by atoms with van der Waals surface area (Å²) >= 11 is 1.66. The molecule has 0 aliphatic heterocycles. The van der Waals surface area contributed by atoms with Crippen LogP contribution in [0.15, 0.2) is 47.0 Å². The van der Waals surface area contributed by atoms with E-state index in [1.807, 2.05) is 30.0 Å². The van der Waals surface area contributed by atoms with Crippen LogP contribution in [0.3, 0.4) is 0 Å². The van der Waals surface area contributed by atoms with Crippen LogP contribution in [0.1, 0.15) is 93.8 Å². The molecule has 7 aliphatic carbocycles. The number of aryl methyl sites for hydroxylation is 1. The van der Waals surface area contributed by atoms with Crippen molar-refractivity contribution in [1.29, 1.82) is 0 Å². The van der Waals surface area contributed by atoms with E-state index < -0.39 is 22.7 Å². The molecule has 1 amide bonds. The van der Waals surface area contributed by atoms with Gasteiger partial charge in [0.25, 0.3) is 0 Å². The van der Waals surface area contributed by atoms with Crippen molar-refractivity contribution in [3.05, 3.63) is 59.2 Å². The first-order chi connectivity index (χ1) is 22.3. The molecular weight excluding hydrogens is 628 g/mol. The molecule has 246 valence electrons. The first-order valence-corrected chi connectivity index (χ1v) is 17.5. The number of aromatic nitrogens is 3. The number of halogens is 4. The maximum Gasteiger partial charge on any atom is 0.403 e. The predicted molar refractivity (Wildman–Crippen MR) is 170 cm³/mol. The van der Waals surface area contributed by atoms with Gasteiger partial charge in [-0.15, -0.1) is 11.3 Å². The molecule has 0 unspecified atom stereocenters. The molecule has 0 saturated heterocycles. The number of anilines is 1. The van der Waals surface area contributed by atoms with Gasteiger partial charge in [-0.25, -0.2) is 9.37 Å². The summed E-state index contributed by atoms with van der Waals surface area (Å²) in [7, 11) is 0. The zero-order valence-electron chi connectivity index (χ0n) is 26.3. The summed E-state index contributed by atoms with van der Waals surface area (Å²) in [6, 6.07) is 14.4. The Bertz CT molecular complexity index is 1880. The number of alkyl halides is 4. The van der Waals surface area contributed by atoms with Crippen molar-refractivity contribution >= 4 is 33.1 Å². The molecule has 4 bridgehead atoms. The summed E-state index contributed by atoms with van der Waals surface area (Å²) in [5.41, 5.74) is 0.119. The molecule has 11 rings (SSSR count). The number of fused-ring (bicyclic) bond motifs is 4. The highest BCUT2D eigenvalue weighted by Crippen LogP contribution is 2.71. The van der Waals surface area contributed by atoms with E-state index in [9.17, 15) is 22.4 Å². The van der Waals surface area contributed by atoms with Crippen molar-refractivity contribution in [2.45, 2.75) is 107 Å². The minimum atomic E-state index is -4.40. The SMILES string of the molecule is Cc1nc2ccc(-c3cccc(N(CC45CCC(c6noc(C7(C(F)(F)F)CC7)n6)(CC4)CC5)C(=O)CC45CC(F)(C4)C5)c3)cc2s1. The summed E-state index contributed by atoms with van der Waals surface area (Å²) in [6.07, 6.45) is 2.08. The van der Waals surface area contributed by atoms with Gasteiger partial charge >= 0.3 is 6.18 Å². The quantitative estimate of drug-likeness (QED) is 0.176. The molecule has 4 aromatic rings. The third kappa shape index (κ3) is 4.61. The fourth-order valence-electron chi connectivity index (χ4n) is 9.41. The molecule has 2 aromatic carbocycles. The normalized spacial score (nSPS) is 31.8. The lowest BCUT2D eigenvalue weighted by Crippen LogP contribution is -2.65. The summed E-state index contributed by atoms with van der Waals surface area (Å²) in [6.45, 7) is 2.56. The summed E-state index contributed by atoms with van der Waals surface area (Å²) in [4.78, 5) is 25.1. The minimum absolute atomic E-state index is 0.00751. The van der Waals surface area contributed by atoms with E-state index in [2.05, 4.69) is 39.4 Å². The van der Waals surface area contributed by atoms with E-state index in [0.717, 1.165) is 70.6 Å². The van der Waals surface area contributed by atoms with E-state index in [1.165, 1.54) is 0 Å². The highest BCUT2D eigenvalue weighted by Gasteiger charge is 2.70. The van der Waals surface area contributed by atoms with Gasteiger partial charge in [-0.1, -0.05) is 23.4 Å². The van der Waals surface area contributed by atoms with Gasteiger partial charge in [0.05, 0.1) is 15.2 Å². The van der Waals surface area contributed by atoms with Crippen LogP contribution >= 0.6 is 11.3 Å². The molecule has 11 heteroatoms. The van der Waals surface area contributed by atoms with Crippen LogP contribution in [-0.4, -0.2) is 39.4 Å². The molecule has 0 atom stereocenters. The monoisotopic (exact) mass is 664 g/mol. The van der Waals surface area contributed by atoms with Crippen molar-refractivity contribution in [3.63, 3.8) is 0 Å². The topological polar surface area (TPSA) is 72.1 Å². The Morgan fingerprint density at radius 3 is 2.28 bits per heavy atom. The molecule has 6 nitrogen and oxygen atoms in total. The highest BCUT2D eigenvalue weighted by molar-refractivity contribution is 7.18. The zero-order valence-corrected chi connectivity index (χ0v) is 27.1. The maximum absolute atomic E-state index is 14.4. The molecule has 7 saturated carbocycles. The zero-order chi connectivity index (χ0) is 32.5. The Kier molecular flexibility index (Phi) is 6.10. The van der Waals surface area contributed by atoms with E-state index in [1.54, 1.807) is 11.3 Å². The number of benzene rings is 2. The lowest BCUT2D eigenvalue weighted by atomic mass is 9.41. The average Bonchev–Trinajstić information content (AvgIpc) is 3.54. The summed E-state index contributed by atoms with van der Waals surface area (Å²) < 4.78 is 62.1. The van der Waals surface area contributed by atoms with Gasteiger partial charge in [0.1, 0.15) is 11.1 Å². The van der Waals surface area contributed by atoms with Gasteiger partial charge in [-0.3, -0.25) is 4.79 Å². The molecule has 0 spiro atoms. The Hall–Kier alpha value is -3.34. The first kappa shape index (κ1) is 29.8. The predicted octanol–water partition coefficient (Wildman–Crippen LogP) is 9.16. The summed E-state index contributed by atoms with van der Waals surface area (Å²) in [5, 5.41) is 5.14. The Morgan fingerprint density at radius 1 is 0.915 bits per heavy atom. The number of carbonyl (C=O) groups is 1. The van der Waals surface area contributed by atoms with Gasteiger partial charge in [0.15, 0.2) is 5.82 Å². The van der Waals surface area contributed by atoms with E-state index in [4.69, 9.17) is 4.52 Å². The van der Waals surface area contributed by atoms with Crippen LogP contribution in [0.5, 0.6) is 0 Å². The molecule has 0 radical (unpaired) electrons. The third-order valence-corrected chi connectivity index (χ3v) is 13.3. The Labute approximate surface area is 273 Å². The average molecular weight is 665 g/mol. The van der Waals surface area contributed by atoms with Crippen LogP contribution < -0.4 is 4.90 Å². The molecule has 2 aromatic heterocycles. The Morgan fingerprint density at radius 2 is 1.62 bits per heavy atom. The molecule has 0 N–H and O–H groups in total. The highest BCUT2D eigenvalue weighted by atomic mass is 32.1. The first-order valence-electron chi connectivity index (χ1n) is 16.7. The summed E-state index contributed by atoms with van der Waals surface area (Å²) in [5.74, 6) is 0.162. The largest absolute Gasteiger partial charge is 0.403 e. The number of rotatable bonds is 8. The van der Waals surface area contributed by atoms with Gasteiger partial charge in [-0.05, 0) is 124 Å². The molecular formula is C36H36F4N4O2S. The molecule has 2 heterocycles. The van der Waals surface area contributed by atoms with Crippen LogP contribution in [0, 0.1) is 17.8 Å². The Balaban J connectivity index is 0.981. The van der Waals surface area contributed by atoms with E-state index in [-0.39, 0.29) is 35.5 Å². The fourth-order valence-corrected chi connectivity index (χ4v) is 10.3. The van der Waals surface area contributed by atoms with Gasteiger partial charge in [0, 0.05) is 24.1 Å². The van der Waals surface area contributed by atoms with Crippen molar-refractivity contribution in [3.8, 4) is 11.1 Å².